The molecule has 0 amide bonds. The van der Waals surface area contributed by atoms with Crippen molar-refractivity contribution in [3.63, 3.8) is 0 Å². The van der Waals surface area contributed by atoms with E-state index in [-0.39, 0.29) is 5.54 Å². The van der Waals surface area contributed by atoms with Crippen LogP contribution in [0.4, 0.5) is 0 Å². The van der Waals surface area contributed by atoms with Gasteiger partial charge in [-0.3, -0.25) is 0 Å². The third kappa shape index (κ3) is 6.06. The van der Waals surface area contributed by atoms with Crippen molar-refractivity contribution >= 4 is 0 Å². The van der Waals surface area contributed by atoms with Gasteiger partial charge >= 0.3 is 0 Å². The first-order chi connectivity index (χ1) is 8.40. The van der Waals surface area contributed by atoms with Crippen LogP contribution < -0.4 is 5.32 Å². The molecule has 18 heavy (non-hydrogen) atoms. The molecule has 0 radical (unpaired) electrons. The van der Waals surface area contributed by atoms with Crippen LogP contribution in [-0.2, 0) is 6.42 Å². The molecule has 0 bridgehead atoms. The second-order valence-corrected chi connectivity index (χ2v) is 6.16. The Bertz CT molecular complexity index is 354. The van der Waals surface area contributed by atoms with Crippen molar-refractivity contribution < 1.29 is 5.11 Å². The summed E-state index contributed by atoms with van der Waals surface area (Å²) in [5.41, 5.74) is 1.40. The number of rotatable bonds is 6. The number of aromatic hydroxyl groups is 1. The lowest BCUT2D eigenvalue weighted by Crippen LogP contribution is -2.39. The molecule has 0 fully saturated rings. The molecule has 0 spiro atoms. The second-order valence-electron chi connectivity index (χ2n) is 6.16. The minimum absolute atomic E-state index is 0.171. The van der Waals surface area contributed by atoms with Gasteiger partial charge in [-0.2, -0.15) is 0 Å². The number of nitrogens with one attached hydrogen (secondary N) is 1. The monoisotopic (exact) mass is 249 g/mol. The van der Waals surface area contributed by atoms with Gasteiger partial charge in [0.1, 0.15) is 5.75 Å². The summed E-state index contributed by atoms with van der Waals surface area (Å²) in [6.07, 6.45) is 3.46. The Morgan fingerprint density at radius 3 is 2.56 bits per heavy atom. The molecule has 2 N–H and O–H groups in total. The van der Waals surface area contributed by atoms with Gasteiger partial charge in [0.2, 0.25) is 0 Å². The van der Waals surface area contributed by atoms with E-state index in [9.17, 15) is 5.11 Å². The first-order valence-electron chi connectivity index (χ1n) is 6.93. The molecule has 0 saturated carbocycles. The van der Waals surface area contributed by atoms with Crippen molar-refractivity contribution in [1.82, 2.24) is 5.32 Å². The van der Waals surface area contributed by atoms with E-state index in [0.29, 0.717) is 11.7 Å². The van der Waals surface area contributed by atoms with Crippen molar-refractivity contribution in [2.24, 2.45) is 5.92 Å². The van der Waals surface area contributed by atoms with Crippen molar-refractivity contribution in [3.05, 3.63) is 29.8 Å². The Morgan fingerprint density at radius 2 is 2.00 bits per heavy atom. The van der Waals surface area contributed by atoms with Gasteiger partial charge in [-0.05, 0) is 63.8 Å². The molecule has 0 aliphatic heterocycles. The molecule has 2 heteroatoms. The molecule has 1 aromatic rings. The number of phenolic OH excluding ortho intramolecular Hbond substituents is 1. The van der Waals surface area contributed by atoms with Gasteiger partial charge in [-0.25, -0.2) is 0 Å². The van der Waals surface area contributed by atoms with E-state index in [1.165, 1.54) is 18.4 Å². The van der Waals surface area contributed by atoms with E-state index in [1.807, 2.05) is 12.1 Å². The minimum Gasteiger partial charge on any atom is -0.508 e. The minimum atomic E-state index is 0.171. The number of hydrogen-bond acceptors (Lipinski definition) is 2. The normalized spacial score (nSPS) is 13.6. The summed E-state index contributed by atoms with van der Waals surface area (Å²) in [4.78, 5) is 0. The van der Waals surface area contributed by atoms with Crippen molar-refractivity contribution in [1.29, 1.82) is 0 Å². The Kier molecular flexibility index (Phi) is 5.67. The fraction of sp³-hybridized carbons (Fsp3) is 0.625. The Hall–Kier alpha value is -1.02. The molecular weight excluding hydrogens is 222 g/mol. The van der Waals surface area contributed by atoms with Crippen LogP contribution in [0.5, 0.6) is 5.75 Å². The number of benzene rings is 1. The highest BCUT2D eigenvalue weighted by atomic mass is 16.3. The van der Waals surface area contributed by atoms with Crippen LogP contribution in [0.15, 0.2) is 24.3 Å². The van der Waals surface area contributed by atoms with E-state index in [1.54, 1.807) is 6.07 Å². The highest BCUT2D eigenvalue weighted by Gasteiger charge is 2.14. The maximum Gasteiger partial charge on any atom is 0.115 e. The lowest BCUT2D eigenvalue weighted by atomic mass is 9.94. The molecule has 0 heterocycles. The standard InChI is InChI=1S/C16H27NO/c1-5-7-14(12-17-16(2,3)4)10-13-8-6-9-15(18)11-13/h6,8-9,11,14,17-18H,5,7,10,12H2,1-4H3. The molecule has 2 nitrogen and oxygen atoms in total. The largest absolute Gasteiger partial charge is 0.508 e. The Balaban J connectivity index is 2.57. The SMILES string of the molecule is CCCC(CNC(C)(C)C)Cc1cccc(O)c1. The summed E-state index contributed by atoms with van der Waals surface area (Å²) in [6.45, 7) is 9.86. The van der Waals surface area contributed by atoms with Crippen molar-refractivity contribution in [2.75, 3.05) is 6.54 Å². The van der Waals surface area contributed by atoms with Gasteiger partial charge < -0.3 is 10.4 Å². The molecule has 1 rings (SSSR count). The lowest BCUT2D eigenvalue weighted by Gasteiger charge is -2.25. The van der Waals surface area contributed by atoms with Crippen LogP contribution in [0.3, 0.4) is 0 Å². The fourth-order valence-corrected chi connectivity index (χ4v) is 2.15. The first kappa shape index (κ1) is 15.0. The number of hydrogen-bond donors (Lipinski definition) is 2. The van der Waals surface area contributed by atoms with Crippen LogP contribution in [0.25, 0.3) is 0 Å². The average molecular weight is 249 g/mol. The third-order valence-corrected chi connectivity index (χ3v) is 3.05. The van der Waals surface area contributed by atoms with E-state index in [2.05, 4.69) is 39.1 Å². The molecule has 0 aliphatic rings. The topological polar surface area (TPSA) is 32.3 Å². The molecule has 0 aliphatic carbocycles. The molecule has 102 valence electrons. The van der Waals surface area contributed by atoms with Crippen molar-refractivity contribution in [3.8, 4) is 5.75 Å². The van der Waals surface area contributed by atoms with Crippen LogP contribution in [0.2, 0.25) is 0 Å². The van der Waals surface area contributed by atoms with Crippen LogP contribution >= 0.6 is 0 Å². The van der Waals surface area contributed by atoms with Crippen molar-refractivity contribution in [2.45, 2.75) is 52.5 Å². The summed E-state index contributed by atoms with van der Waals surface area (Å²) in [6, 6.07) is 7.62. The summed E-state index contributed by atoms with van der Waals surface area (Å²) < 4.78 is 0. The smallest absolute Gasteiger partial charge is 0.115 e. The predicted octanol–water partition coefficient (Wildman–Crippen LogP) is 3.74. The molecule has 1 aromatic carbocycles. The highest BCUT2D eigenvalue weighted by molar-refractivity contribution is 5.27. The molecule has 0 aromatic heterocycles. The van der Waals surface area contributed by atoms with E-state index < -0.39 is 0 Å². The Labute approximate surface area is 111 Å². The summed E-state index contributed by atoms with van der Waals surface area (Å²) in [5, 5.41) is 13.1. The quantitative estimate of drug-likeness (QED) is 0.805. The summed E-state index contributed by atoms with van der Waals surface area (Å²) >= 11 is 0. The fourth-order valence-electron chi connectivity index (χ4n) is 2.15. The Morgan fingerprint density at radius 1 is 1.28 bits per heavy atom. The third-order valence-electron chi connectivity index (χ3n) is 3.05. The van der Waals surface area contributed by atoms with E-state index in [0.717, 1.165) is 13.0 Å². The molecule has 1 unspecified atom stereocenters. The maximum absolute atomic E-state index is 9.50. The van der Waals surface area contributed by atoms with Crippen LogP contribution in [-0.4, -0.2) is 17.2 Å². The van der Waals surface area contributed by atoms with Crippen LogP contribution in [0.1, 0.15) is 46.1 Å². The zero-order chi connectivity index (χ0) is 13.6. The number of phenols is 1. The lowest BCUT2D eigenvalue weighted by molar-refractivity contribution is 0.354. The maximum atomic E-state index is 9.50. The summed E-state index contributed by atoms with van der Waals surface area (Å²) in [7, 11) is 0. The zero-order valence-electron chi connectivity index (χ0n) is 12.2. The van der Waals surface area contributed by atoms with Crippen LogP contribution in [0, 0.1) is 5.92 Å². The average Bonchev–Trinajstić information content (AvgIpc) is 2.25. The molecular formula is C16H27NO. The summed E-state index contributed by atoms with van der Waals surface area (Å²) in [5.74, 6) is 1.00. The highest BCUT2D eigenvalue weighted by Crippen LogP contribution is 2.18. The van der Waals surface area contributed by atoms with E-state index >= 15 is 0 Å². The first-order valence-corrected chi connectivity index (χ1v) is 6.93. The van der Waals surface area contributed by atoms with Gasteiger partial charge in [0, 0.05) is 5.54 Å². The van der Waals surface area contributed by atoms with Gasteiger partial charge in [0.05, 0.1) is 0 Å². The van der Waals surface area contributed by atoms with Gasteiger partial charge in [0.15, 0.2) is 0 Å². The van der Waals surface area contributed by atoms with Gasteiger partial charge in [-0.1, -0.05) is 25.5 Å². The van der Waals surface area contributed by atoms with E-state index in [4.69, 9.17) is 0 Å². The second kappa shape index (κ2) is 6.79. The predicted molar refractivity (Wildman–Crippen MR) is 78.0 cm³/mol. The molecule has 0 saturated heterocycles. The molecule has 1 atom stereocenters. The van der Waals surface area contributed by atoms with Gasteiger partial charge in [-0.15, -0.1) is 0 Å². The zero-order valence-corrected chi connectivity index (χ0v) is 12.2. The van der Waals surface area contributed by atoms with Gasteiger partial charge in [0.25, 0.3) is 0 Å².